The summed E-state index contributed by atoms with van der Waals surface area (Å²) in [5.41, 5.74) is 3.60. The Hall–Kier alpha value is -2.53. The molecule has 1 aliphatic carbocycles. The summed E-state index contributed by atoms with van der Waals surface area (Å²) < 4.78 is 14.7. The molecule has 0 bridgehead atoms. The van der Waals surface area contributed by atoms with Gasteiger partial charge in [-0.25, -0.2) is 9.37 Å². The zero-order valence-electron chi connectivity index (χ0n) is 14.2. The number of halogens is 1. The molecule has 0 aliphatic heterocycles. The van der Waals surface area contributed by atoms with Gasteiger partial charge < -0.3 is 4.90 Å². The second-order valence-electron chi connectivity index (χ2n) is 6.93. The number of benzene rings is 1. The molecule has 0 amide bonds. The molecule has 1 unspecified atom stereocenters. The van der Waals surface area contributed by atoms with E-state index in [1.165, 1.54) is 29.9 Å². The Morgan fingerprint density at radius 2 is 1.92 bits per heavy atom. The normalized spacial score (nSPS) is 15.4. The number of hydrogen-bond acceptors (Lipinski definition) is 2. The Balaban J connectivity index is 1.60. The van der Waals surface area contributed by atoms with Gasteiger partial charge in [-0.1, -0.05) is 18.2 Å². The van der Waals surface area contributed by atoms with Crippen LogP contribution in [0.5, 0.6) is 0 Å². The van der Waals surface area contributed by atoms with Crippen molar-refractivity contribution in [3.8, 4) is 0 Å². The summed E-state index contributed by atoms with van der Waals surface area (Å²) in [7, 11) is 0. The highest BCUT2D eigenvalue weighted by Crippen LogP contribution is 2.16. The van der Waals surface area contributed by atoms with E-state index in [1.54, 1.807) is 10.5 Å². The second-order valence-corrected chi connectivity index (χ2v) is 6.93. The van der Waals surface area contributed by atoms with E-state index in [2.05, 4.69) is 4.98 Å². The summed E-state index contributed by atoms with van der Waals surface area (Å²) in [6.45, 7) is 3.49. The predicted molar refractivity (Wildman–Crippen MR) is 94.0 cm³/mol. The highest BCUT2D eigenvalue weighted by Gasteiger charge is 2.33. The fourth-order valence-corrected chi connectivity index (χ4v) is 3.29. The van der Waals surface area contributed by atoms with E-state index >= 15 is 0 Å². The van der Waals surface area contributed by atoms with Gasteiger partial charge in [-0.3, -0.25) is 9.20 Å². The molecule has 1 fully saturated rings. The van der Waals surface area contributed by atoms with Crippen molar-refractivity contribution in [1.82, 2.24) is 9.38 Å². The van der Waals surface area contributed by atoms with E-state index in [9.17, 15) is 9.18 Å². The number of quaternary nitrogens is 1. The Labute approximate surface area is 145 Å². The Morgan fingerprint density at radius 3 is 2.64 bits per heavy atom. The van der Waals surface area contributed by atoms with Gasteiger partial charge in [0.1, 0.15) is 30.2 Å². The molecule has 1 N–H and O–H groups in total. The summed E-state index contributed by atoms with van der Waals surface area (Å²) in [4.78, 5) is 18.4. The largest absolute Gasteiger partial charge is 0.324 e. The smallest absolute Gasteiger partial charge is 0.258 e. The minimum atomic E-state index is -0.212. The quantitative estimate of drug-likeness (QED) is 0.772. The van der Waals surface area contributed by atoms with Crippen molar-refractivity contribution in [3.63, 3.8) is 0 Å². The highest BCUT2D eigenvalue weighted by atomic mass is 19.1. The van der Waals surface area contributed by atoms with Crippen LogP contribution in [-0.2, 0) is 13.1 Å². The average molecular weight is 338 g/mol. The molecule has 1 aromatic carbocycles. The van der Waals surface area contributed by atoms with Gasteiger partial charge in [0.2, 0.25) is 0 Å². The van der Waals surface area contributed by atoms with Crippen LogP contribution in [0.4, 0.5) is 4.39 Å². The highest BCUT2D eigenvalue weighted by molar-refractivity contribution is 5.39. The van der Waals surface area contributed by atoms with Crippen molar-refractivity contribution in [1.29, 1.82) is 0 Å². The number of fused-ring (bicyclic) bond motifs is 1. The number of rotatable bonds is 5. The van der Waals surface area contributed by atoms with Crippen LogP contribution in [0, 0.1) is 12.7 Å². The second kappa shape index (κ2) is 6.41. The molecule has 0 spiro atoms. The van der Waals surface area contributed by atoms with Crippen LogP contribution in [0.1, 0.15) is 29.7 Å². The van der Waals surface area contributed by atoms with Crippen molar-refractivity contribution in [2.45, 2.75) is 38.9 Å². The van der Waals surface area contributed by atoms with E-state index in [-0.39, 0.29) is 11.4 Å². The lowest BCUT2D eigenvalue weighted by atomic mass is 10.2. The number of nitrogens with zero attached hydrogens (tertiary/aromatic N) is 2. The van der Waals surface area contributed by atoms with Crippen LogP contribution in [-0.4, -0.2) is 15.4 Å². The van der Waals surface area contributed by atoms with Crippen molar-refractivity contribution in [3.05, 3.63) is 81.7 Å². The fraction of sp³-hybridized carbons (Fsp3) is 0.300. The lowest BCUT2D eigenvalue weighted by molar-refractivity contribution is -0.938. The lowest BCUT2D eigenvalue weighted by Gasteiger charge is -2.19. The maximum absolute atomic E-state index is 13.1. The zero-order chi connectivity index (χ0) is 17.4. The molecule has 4 nitrogen and oxygen atoms in total. The van der Waals surface area contributed by atoms with Gasteiger partial charge in [0, 0.05) is 30.7 Å². The first-order valence-electron chi connectivity index (χ1n) is 8.66. The van der Waals surface area contributed by atoms with Crippen LogP contribution < -0.4 is 10.5 Å². The minimum absolute atomic E-state index is 0.0411. The van der Waals surface area contributed by atoms with Gasteiger partial charge in [0.05, 0.1) is 6.04 Å². The third-order valence-electron chi connectivity index (χ3n) is 4.77. The van der Waals surface area contributed by atoms with Gasteiger partial charge in [-0.05, 0) is 30.7 Å². The van der Waals surface area contributed by atoms with Gasteiger partial charge in [0.25, 0.3) is 5.56 Å². The zero-order valence-corrected chi connectivity index (χ0v) is 14.2. The van der Waals surface area contributed by atoms with E-state index < -0.39 is 0 Å². The average Bonchev–Trinajstić information content (AvgIpc) is 3.42. The first-order chi connectivity index (χ1) is 12.1. The van der Waals surface area contributed by atoms with Gasteiger partial charge in [-0.2, -0.15) is 0 Å². The molecule has 128 valence electrons. The maximum Gasteiger partial charge on any atom is 0.258 e. The van der Waals surface area contributed by atoms with Gasteiger partial charge >= 0.3 is 0 Å². The predicted octanol–water partition coefficient (Wildman–Crippen LogP) is 1.89. The molecular formula is C20H21FN3O+. The molecule has 5 heteroatoms. The molecule has 2 aromatic heterocycles. The fourth-order valence-electron chi connectivity index (χ4n) is 3.29. The Kier molecular flexibility index (Phi) is 4.09. The summed E-state index contributed by atoms with van der Waals surface area (Å²) in [5, 5.41) is 0. The van der Waals surface area contributed by atoms with E-state index in [0.29, 0.717) is 18.2 Å². The van der Waals surface area contributed by atoms with Crippen LogP contribution in [0.15, 0.2) is 53.5 Å². The van der Waals surface area contributed by atoms with Crippen LogP contribution in [0.2, 0.25) is 0 Å². The first-order valence-corrected chi connectivity index (χ1v) is 8.66. The molecule has 0 saturated heterocycles. The van der Waals surface area contributed by atoms with Crippen LogP contribution >= 0.6 is 0 Å². The maximum atomic E-state index is 13.1. The molecule has 1 saturated carbocycles. The van der Waals surface area contributed by atoms with Gasteiger partial charge in [-0.15, -0.1) is 0 Å². The van der Waals surface area contributed by atoms with E-state index in [0.717, 1.165) is 23.4 Å². The van der Waals surface area contributed by atoms with Crippen molar-refractivity contribution >= 4 is 5.65 Å². The first kappa shape index (κ1) is 16.0. The summed E-state index contributed by atoms with van der Waals surface area (Å²) >= 11 is 0. The molecule has 4 rings (SSSR count). The van der Waals surface area contributed by atoms with Gasteiger partial charge in [0.15, 0.2) is 0 Å². The summed E-state index contributed by atoms with van der Waals surface area (Å²) in [6, 6.07) is 12.8. The molecule has 0 radical (unpaired) electrons. The molecule has 25 heavy (non-hydrogen) atoms. The Bertz CT molecular complexity index is 961. The van der Waals surface area contributed by atoms with Crippen molar-refractivity contribution in [2.75, 3.05) is 0 Å². The topological polar surface area (TPSA) is 38.8 Å². The standard InChI is InChI=1S/C20H20FN3O/c1-14-2-9-19-22-17(10-20(25)24(19)11-14)13-23(18-7-8-18)12-15-3-5-16(21)6-4-15/h2-6,9-11,18H,7-8,12-13H2,1H3/p+1. The van der Waals surface area contributed by atoms with Crippen LogP contribution in [0.3, 0.4) is 0 Å². The lowest BCUT2D eigenvalue weighted by Crippen LogP contribution is -3.10. The van der Waals surface area contributed by atoms with E-state index in [4.69, 9.17) is 0 Å². The summed E-state index contributed by atoms with van der Waals surface area (Å²) in [6.07, 6.45) is 4.21. The third kappa shape index (κ3) is 3.61. The third-order valence-corrected chi connectivity index (χ3v) is 4.77. The van der Waals surface area contributed by atoms with Crippen molar-refractivity contribution in [2.24, 2.45) is 0 Å². The summed E-state index contributed by atoms with van der Waals surface area (Å²) in [5.74, 6) is -0.212. The number of hydrogen-bond donors (Lipinski definition) is 1. The number of aromatic nitrogens is 2. The van der Waals surface area contributed by atoms with Crippen LogP contribution in [0.25, 0.3) is 5.65 Å². The number of nitrogens with one attached hydrogen (secondary N) is 1. The number of pyridine rings is 1. The SMILES string of the molecule is Cc1ccc2nc(C[NH+](Cc3ccc(F)cc3)C3CC3)cc(=O)n2c1. The van der Waals surface area contributed by atoms with Crippen molar-refractivity contribution < 1.29 is 9.29 Å². The molecule has 2 heterocycles. The Morgan fingerprint density at radius 1 is 1.16 bits per heavy atom. The molecule has 3 aromatic rings. The molecular weight excluding hydrogens is 317 g/mol. The number of aryl methyl sites for hydroxylation is 1. The van der Waals surface area contributed by atoms with E-state index in [1.807, 2.05) is 37.4 Å². The monoisotopic (exact) mass is 338 g/mol. The molecule has 1 aliphatic rings. The minimum Gasteiger partial charge on any atom is -0.324 e. The molecule has 1 atom stereocenters.